The lowest BCUT2D eigenvalue weighted by Crippen LogP contribution is -2.41. The van der Waals surface area contributed by atoms with Crippen LogP contribution in [0, 0.1) is 0 Å². The monoisotopic (exact) mass is 437 g/mol. The van der Waals surface area contributed by atoms with Gasteiger partial charge in [-0.05, 0) is 18.6 Å². The van der Waals surface area contributed by atoms with Crippen molar-refractivity contribution in [3.05, 3.63) is 66.0 Å². The second kappa shape index (κ2) is 7.97. The Hall–Kier alpha value is -3.50. The van der Waals surface area contributed by atoms with Gasteiger partial charge in [0, 0.05) is 18.7 Å². The Bertz CT molecular complexity index is 1120. The number of fused-ring (bicyclic) bond motifs is 1. The van der Waals surface area contributed by atoms with Crippen molar-refractivity contribution in [1.82, 2.24) is 15.2 Å². The molecule has 0 spiro atoms. The summed E-state index contributed by atoms with van der Waals surface area (Å²) >= 11 is 0. The van der Waals surface area contributed by atoms with Crippen molar-refractivity contribution >= 4 is 17.3 Å². The number of hydrogen-bond donors (Lipinski definition) is 2. The number of carbonyl (C=O) groups excluding carboxylic acids is 2. The molecule has 3 N–H and O–H groups in total. The first-order valence-corrected chi connectivity index (χ1v) is 9.55. The Kier molecular flexibility index (Phi) is 5.34. The zero-order valence-electron chi connectivity index (χ0n) is 16.1. The van der Waals surface area contributed by atoms with Gasteiger partial charge in [0.05, 0.1) is 12.7 Å². The van der Waals surface area contributed by atoms with Crippen LogP contribution in [0.4, 0.5) is 17.6 Å². The van der Waals surface area contributed by atoms with Crippen molar-refractivity contribution in [2.45, 2.75) is 24.8 Å². The summed E-state index contributed by atoms with van der Waals surface area (Å²) in [5.41, 5.74) is -0.225. The Morgan fingerprint density at radius 3 is 2.65 bits per heavy atom. The van der Waals surface area contributed by atoms with Crippen LogP contribution in [-0.4, -0.2) is 47.1 Å². The van der Waals surface area contributed by atoms with E-state index in [0.717, 1.165) is 0 Å². The maximum atomic E-state index is 13.6. The van der Waals surface area contributed by atoms with Gasteiger partial charge in [0.2, 0.25) is 17.4 Å². The molecule has 3 aromatic rings. The van der Waals surface area contributed by atoms with Crippen molar-refractivity contribution in [3.8, 4) is 0 Å². The minimum Gasteiger partial charge on any atom is -0.329 e. The number of imidazole rings is 1. The molecular weight excluding hydrogens is 418 g/mol. The predicted octanol–water partition coefficient (Wildman–Crippen LogP) is 1.78. The highest BCUT2D eigenvalue weighted by Gasteiger charge is 2.46. The molecule has 1 aliphatic rings. The maximum Gasteiger partial charge on any atom is 0.418 e. The maximum absolute atomic E-state index is 13.6. The molecule has 31 heavy (non-hydrogen) atoms. The number of nitrogens with one attached hydrogen (secondary N) is 3. The summed E-state index contributed by atoms with van der Waals surface area (Å²) in [6.45, 7) is 0.143. The molecule has 0 saturated carbocycles. The first kappa shape index (κ1) is 20.8. The van der Waals surface area contributed by atoms with E-state index in [2.05, 4.69) is 9.97 Å². The highest BCUT2D eigenvalue weighted by Crippen LogP contribution is 2.31. The fraction of sp³-hybridized carbons (Fsp3) is 0.300. The molecule has 0 aliphatic carbocycles. The first-order chi connectivity index (χ1) is 14.8. The minimum atomic E-state index is -4.76. The number of aromatic amines is 2. The van der Waals surface area contributed by atoms with Crippen LogP contribution in [0.2, 0.25) is 0 Å². The Labute approximate surface area is 173 Å². The van der Waals surface area contributed by atoms with Gasteiger partial charge in [-0.25, -0.2) is 14.4 Å². The summed E-state index contributed by atoms with van der Waals surface area (Å²) in [4.78, 5) is 32.1. The largest absolute Gasteiger partial charge is 0.418 e. The van der Waals surface area contributed by atoms with Crippen LogP contribution in [0.5, 0.6) is 0 Å². The van der Waals surface area contributed by atoms with E-state index in [1.54, 1.807) is 12.1 Å². The number of alkyl halides is 4. The number of hydrogen-bond acceptors (Lipinski definition) is 2. The predicted molar refractivity (Wildman–Crippen MR) is 98.6 cm³/mol. The average Bonchev–Trinajstić information content (AvgIpc) is 3.35. The number of halogens is 4. The first-order valence-electron chi connectivity index (χ1n) is 9.55. The fourth-order valence-corrected chi connectivity index (χ4v) is 3.59. The van der Waals surface area contributed by atoms with Crippen molar-refractivity contribution in [2.24, 2.45) is 0 Å². The molecule has 2 amide bonds. The van der Waals surface area contributed by atoms with Gasteiger partial charge in [-0.15, -0.1) is 0 Å². The van der Waals surface area contributed by atoms with E-state index in [0.29, 0.717) is 0 Å². The molecule has 1 unspecified atom stereocenters. The third kappa shape index (κ3) is 4.07. The molecule has 162 valence electrons. The third-order valence-electron chi connectivity index (χ3n) is 5.09. The highest BCUT2D eigenvalue weighted by molar-refractivity contribution is 6.00. The molecule has 1 fully saturated rings. The number of likely N-dealkylation sites (tertiary alicyclic amines) is 1. The number of H-pyrrole nitrogens is 2. The second-order valence-electron chi connectivity index (χ2n) is 7.21. The number of pyridine rings is 2. The molecule has 0 aromatic carbocycles. The number of carbonyl (C=O) groups is 2. The van der Waals surface area contributed by atoms with Crippen LogP contribution in [0.15, 0.2) is 48.8 Å². The number of nitrogens with zero attached hydrogens (tertiary/aromatic N) is 2. The molecule has 11 heteroatoms. The summed E-state index contributed by atoms with van der Waals surface area (Å²) < 4.78 is 55.8. The number of aromatic nitrogens is 3. The normalized spacial score (nSPS) is 17.7. The van der Waals surface area contributed by atoms with E-state index in [4.69, 9.17) is 0 Å². The van der Waals surface area contributed by atoms with Gasteiger partial charge in [-0.1, -0.05) is 12.1 Å². The van der Waals surface area contributed by atoms with E-state index in [1.807, 2.05) is 5.32 Å². The van der Waals surface area contributed by atoms with E-state index in [9.17, 15) is 27.2 Å². The topological polar surface area (TPSA) is 83.4 Å². The van der Waals surface area contributed by atoms with Crippen LogP contribution in [0.25, 0.3) is 5.52 Å². The van der Waals surface area contributed by atoms with Crippen molar-refractivity contribution in [2.75, 3.05) is 13.1 Å². The van der Waals surface area contributed by atoms with Gasteiger partial charge in [0.1, 0.15) is 6.17 Å². The van der Waals surface area contributed by atoms with Crippen molar-refractivity contribution in [3.63, 3.8) is 0 Å². The summed E-state index contributed by atoms with van der Waals surface area (Å²) in [6, 6.07) is 6.58. The average molecular weight is 437 g/mol. The summed E-state index contributed by atoms with van der Waals surface area (Å²) in [5, 5.41) is 1.99. The van der Waals surface area contributed by atoms with E-state index in [1.165, 1.54) is 46.0 Å². The van der Waals surface area contributed by atoms with E-state index >= 15 is 0 Å². The van der Waals surface area contributed by atoms with Crippen LogP contribution in [-0.2, 0) is 0 Å². The molecule has 0 bridgehead atoms. The molecular formula is C20H19F4N5O2+2. The Balaban J connectivity index is 1.69. The molecule has 4 heterocycles. The van der Waals surface area contributed by atoms with Gasteiger partial charge in [-0.3, -0.25) is 9.59 Å². The Morgan fingerprint density at radius 2 is 2.00 bits per heavy atom. The molecule has 1 aliphatic heterocycles. The Morgan fingerprint density at radius 1 is 1.23 bits per heavy atom. The quantitative estimate of drug-likeness (QED) is 0.482. The van der Waals surface area contributed by atoms with Crippen LogP contribution < -0.4 is 14.7 Å². The van der Waals surface area contributed by atoms with Gasteiger partial charge in [0.15, 0.2) is 11.7 Å². The smallest absolute Gasteiger partial charge is 0.329 e. The zero-order chi connectivity index (χ0) is 22.2. The van der Waals surface area contributed by atoms with E-state index in [-0.39, 0.29) is 42.2 Å². The molecule has 1 saturated heterocycles. The minimum absolute atomic E-state index is 0.0373. The van der Waals surface area contributed by atoms with E-state index < -0.39 is 30.2 Å². The summed E-state index contributed by atoms with van der Waals surface area (Å²) in [6.07, 6.45) is -2.85. The van der Waals surface area contributed by atoms with Gasteiger partial charge in [0.25, 0.3) is 5.91 Å². The number of amides is 2. The van der Waals surface area contributed by atoms with Gasteiger partial charge in [-0.2, -0.15) is 17.6 Å². The molecule has 0 radical (unpaired) electrons. The third-order valence-corrected chi connectivity index (χ3v) is 5.09. The van der Waals surface area contributed by atoms with Crippen LogP contribution in [0.3, 0.4) is 0 Å². The van der Waals surface area contributed by atoms with Gasteiger partial charge < -0.3 is 10.2 Å². The SMILES string of the molecule is O=C(NC(c1cccc[nH+]1)C(F)(F)F)c1[nH]c(C(=O)N2CC[C@H](F)C2)[n+]2ccccc12. The summed E-state index contributed by atoms with van der Waals surface area (Å²) in [5.74, 6) is -1.61. The lowest BCUT2D eigenvalue weighted by atomic mass is 10.1. The van der Waals surface area contributed by atoms with Crippen molar-refractivity contribution in [1.29, 1.82) is 0 Å². The summed E-state index contributed by atoms with van der Waals surface area (Å²) in [7, 11) is 0. The second-order valence-corrected chi connectivity index (χ2v) is 7.21. The lowest BCUT2D eigenvalue weighted by Gasteiger charge is -2.17. The number of rotatable bonds is 4. The zero-order valence-corrected chi connectivity index (χ0v) is 16.1. The lowest BCUT2D eigenvalue weighted by molar-refractivity contribution is -0.514. The standard InChI is InChI=1S/C20H17F4N5O2/c21-12-7-10-28(11-12)19(31)17-26-15(14-6-2-4-9-29(14)17)18(30)27-16(20(22,23)24)13-5-1-3-8-25-13/h1-6,8-9,12,16H,7,10-11H2,(H,27,30)/p+2/t12-,16?/m0/s1. The molecule has 4 rings (SSSR count). The molecule has 3 aromatic heterocycles. The van der Waals surface area contributed by atoms with Crippen LogP contribution in [0.1, 0.15) is 39.3 Å². The fourth-order valence-electron chi connectivity index (χ4n) is 3.59. The molecule has 7 nitrogen and oxygen atoms in total. The van der Waals surface area contributed by atoms with Gasteiger partial charge >= 0.3 is 17.9 Å². The highest BCUT2D eigenvalue weighted by atomic mass is 19.4. The van der Waals surface area contributed by atoms with Crippen LogP contribution >= 0.6 is 0 Å². The molecule has 2 atom stereocenters. The van der Waals surface area contributed by atoms with Crippen molar-refractivity contribution < 1.29 is 36.5 Å².